The number of aromatic nitrogens is 2. The highest BCUT2D eigenvalue weighted by Crippen LogP contribution is 2.41. The summed E-state index contributed by atoms with van der Waals surface area (Å²) in [7, 11) is 0. The molecular formula is C25H18N2O3. The molecule has 3 heterocycles. The van der Waals surface area contributed by atoms with Crippen LogP contribution in [-0.4, -0.2) is 28.1 Å². The SMILES string of the molecule is CC1(C)COc2cc(-c3ccc4c5c([nH]c4c3)C(=O)c3ccncc3C5=O)ccc21. The van der Waals surface area contributed by atoms with E-state index in [9.17, 15) is 9.59 Å². The minimum Gasteiger partial charge on any atom is -0.492 e. The second kappa shape index (κ2) is 5.66. The molecule has 6 rings (SSSR count). The van der Waals surface area contributed by atoms with E-state index in [1.807, 2.05) is 18.2 Å². The Morgan fingerprint density at radius 2 is 1.77 bits per heavy atom. The van der Waals surface area contributed by atoms with Gasteiger partial charge in [-0.25, -0.2) is 0 Å². The van der Waals surface area contributed by atoms with Gasteiger partial charge in [0.2, 0.25) is 5.78 Å². The number of ether oxygens (including phenoxy) is 1. The summed E-state index contributed by atoms with van der Waals surface area (Å²) in [4.78, 5) is 33.2. The Hall–Kier alpha value is -3.73. The van der Waals surface area contributed by atoms with Crippen molar-refractivity contribution < 1.29 is 14.3 Å². The highest BCUT2D eigenvalue weighted by molar-refractivity contribution is 6.32. The fourth-order valence-corrected chi connectivity index (χ4v) is 4.54. The smallest absolute Gasteiger partial charge is 0.210 e. The van der Waals surface area contributed by atoms with Gasteiger partial charge < -0.3 is 9.72 Å². The molecule has 0 atom stereocenters. The van der Waals surface area contributed by atoms with Crippen LogP contribution in [-0.2, 0) is 5.41 Å². The summed E-state index contributed by atoms with van der Waals surface area (Å²) in [6.07, 6.45) is 3.00. The Bertz CT molecular complexity index is 1410. The molecule has 30 heavy (non-hydrogen) atoms. The first-order valence-corrected chi connectivity index (χ1v) is 9.91. The van der Waals surface area contributed by atoms with Gasteiger partial charge in [0.25, 0.3) is 0 Å². The minimum absolute atomic E-state index is 0.0148. The van der Waals surface area contributed by atoms with Crippen LogP contribution in [0.3, 0.4) is 0 Å². The van der Waals surface area contributed by atoms with Crippen LogP contribution >= 0.6 is 0 Å². The molecule has 0 fully saturated rings. The molecule has 146 valence electrons. The topological polar surface area (TPSA) is 72.1 Å². The number of carbonyl (C=O) groups excluding carboxylic acids is 2. The van der Waals surface area contributed by atoms with Crippen LogP contribution in [0.15, 0.2) is 54.9 Å². The molecule has 0 saturated heterocycles. The number of carbonyl (C=O) groups is 2. The van der Waals surface area contributed by atoms with Crippen LogP contribution in [0.25, 0.3) is 22.0 Å². The van der Waals surface area contributed by atoms with Crippen molar-refractivity contribution in [3.05, 3.63) is 82.8 Å². The Kier molecular flexibility index (Phi) is 3.24. The van der Waals surface area contributed by atoms with Crippen molar-refractivity contribution in [2.75, 3.05) is 6.61 Å². The van der Waals surface area contributed by atoms with Gasteiger partial charge >= 0.3 is 0 Å². The number of H-pyrrole nitrogens is 1. The normalized spacial score (nSPS) is 16.2. The fraction of sp³-hybridized carbons (Fsp3) is 0.160. The van der Waals surface area contributed by atoms with Gasteiger partial charge in [-0.1, -0.05) is 38.1 Å². The lowest BCUT2D eigenvalue weighted by Gasteiger charge is -2.15. The number of nitrogens with zero attached hydrogens (tertiary/aromatic N) is 1. The molecule has 1 aliphatic carbocycles. The van der Waals surface area contributed by atoms with E-state index in [1.165, 1.54) is 18.0 Å². The first-order chi connectivity index (χ1) is 14.4. The summed E-state index contributed by atoms with van der Waals surface area (Å²) < 4.78 is 5.89. The lowest BCUT2D eigenvalue weighted by molar-refractivity contribution is 0.0977. The highest BCUT2D eigenvalue weighted by atomic mass is 16.5. The van der Waals surface area contributed by atoms with E-state index in [2.05, 4.69) is 42.0 Å². The Morgan fingerprint density at radius 1 is 0.967 bits per heavy atom. The molecule has 2 aliphatic rings. The standard InChI is InChI=1S/C25H18N2O3/c1-25(2)12-30-20-10-14(4-6-18(20)25)13-3-5-16-19(9-13)27-22-21(16)23(28)17-11-26-8-7-15(17)24(22)29/h3-11,27H,12H2,1-2H3. The number of aromatic amines is 1. The van der Waals surface area contributed by atoms with E-state index in [0.29, 0.717) is 29.0 Å². The van der Waals surface area contributed by atoms with Crippen molar-refractivity contribution in [2.45, 2.75) is 19.3 Å². The number of fused-ring (bicyclic) bond motifs is 5. The van der Waals surface area contributed by atoms with Gasteiger partial charge in [-0.3, -0.25) is 14.6 Å². The van der Waals surface area contributed by atoms with Crippen LogP contribution in [0.1, 0.15) is 51.4 Å². The zero-order valence-electron chi connectivity index (χ0n) is 16.6. The summed E-state index contributed by atoms with van der Waals surface area (Å²) in [5.41, 5.74) is 5.56. The number of benzene rings is 2. The number of hydrogen-bond acceptors (Lipinski definition) is 4. The van der Waals surface area contributed by atoms with E-state index in [0.717, 1.165) is 27.8 Å². The average molecular weight is 394 g/mol. The lowest BCUT2D eigenvalue weighted by Crippen LogP contribution is -2.20. The molecule has 4 aromatic rings. The van der Waals surface area contributed by atoms with Crippen molar-refractivity contribution in [1.29, 1.82) is 0 Å². The summed E-state index contributed by atoms with van der Waals surface area (Å²) in [6, 6.07) is 13.8. The maximum absolute atomic E-state index is 13.0. The number of hydrogen-bond donors (Lipinski definition) is 1. The molecule has 0 spiro atoms. The van der Waals surface area contributed by atoms with Gasteiger partial charge in [0.15, 0.2) is 5.78 Å². The van der Waals surface area contributed by atoms with E-state index in [-0.39, 0.29) is 17.0 Å². The van der Waals surface area contributed by atoms with E-state index in [4.69, 9.17) is 4.74 Å². The van der Waals surface area contributed by atoms with E-state index < -0.39 is 0 Å². The average Bonchev–Trinajstić information content (AvgIpc) is 3.29. The molecule has 2 aromatic carbocycles. The summed E-state index contributed by atoms with van der Waals surface area (Å²) >= 11 is 0. The third kappa shape index (κ3) is 2.20. The first kappa shape index (κ1) is 17.2. The molecule has 1 N–H and O–H groups in total. The third-order valence-corrected chi connectivity index (χ3v) is 6.20. The maximum atomic E-state index is 13.0. The van der Waals surface area contributed by atoms with Crippen molar-refractivity contribution in [2.24, 2.45) is 0 Å². The first-order valence-electron chi connectivity index (χ1n) is 9.91. The van der Waals surface area contributed by atoms with Crippen molar-refractivity contribution in [3.63, 3.8) is 0 Å². The molecule has 5 heteroatoms. The zero-order chi connectivity index (χ0) is 20.6. The predicted molar refractivity (Wildman–Crippen MR) is 113 cm³/mol. The van der Waals surface area contributed by atoms with Gasteiger partial charge in [0, 0.05) is 39.8 Å². The lowest BCUT2D eigenvalue weighted by atomic mass is 9.86. The quantitative estimate of drug-likeness (QED) is 0.448. The van der Waals surface area contributed by atoms with Crippen LogP contribution in [0.4, 0.5) is 0 Å². The van der Waals surface area contributed by atoms with Gasteiger partial charge in [0.05, 0.1) is 23.4 Å². The summed E-state index contributed by atoms with van der Waals surface area (Å²) in [6.45, 7) is 5.03. The molecule has 0 bridgehead atoms. The number of pyridine rings is 1. The van der Waals surface area contributed by atoms with Crippen LogP contribution in [0.2, 0.25) is 0 Å². The molecule has 2 aromatic heterocycles. The minimum atomic E-state index is -0.173. The van der Waals surface area contributed by atoms with Gasteiger partial charge in [-0.05, 0) is 29.3 Å². The summed E-state index contributed by atoms with van der Waals surface area (Å²) in [5.74, 6) is 0.574. The maximum Gasteiger partial charge on any atom is 0.210 e. The van der Waals surface area contributed by atoms with Gasteiger partial charge in [0.1, 0.15) is 5.75 Å². The highest BCUT2D eigenvalue weighted by Gasteiger charge is 2.34. The molecule has 0 saturated carbocycles. The number of nitrogens with one attached hydrogen (secondary N) is 1. The zero-order valence-corrected chi connectivity index (χ0v) is 16.6. The van der Waals surface area contributed by atoms with Gasteiger partial charge in [-0.15, -0.1) is 0 Å². The Morgan fingerprint density at radius 3 is 2.63 bits per heavy atom. The Balaban J connectivity index is 1.49. The molecule has 1 aliphatic heterocycles. The fourth-order valence-electron chi connectivity index (χ4n) is 4.54. The molecular weight excluding hydrogens is 376 g/mol. The molecule has 0 amide bonds. The molecule has 5 nitrogen and oxygen atoms in total. The van der Waals surface area contributed by atoms with E-state index >= 15 is 0 Å². The van der Waals surface area contributed by atoms with Crippen LogP contribution < -0.4 is 4.74 Å². The number of ketones is 2. The number of rotatable bonds is 1. The van der Waals surface area contributed by atoms with Crippen LogP contribution in [0, 0.1) is 0 Å². The van der Waals surface area contributed by atoms with Gasteiger partial charge in [-0.2, -0.15) is 0 Å². The monoisotopic (exact) mass is 394 g/mol. The third-order valence-electron chi connectivity index (χ3n) is 6.20. The predicted octanol–water partition coefficient (Wildman–Crippen LogP) is 4.68. The van der Waals surface area contributed by atoms with Crippen molar-refractivity contribution in [3.8, 4) is 16.9 Å². The second-order valence-electron chi connectivity index (χ2n) is 8.60. The second-order valence-corrected chi connectivity index (χ2v) is 8.60. The van der Waals surface area contributed by atoms with E-state index in [1.54, 1.807) is 6.07 Å². The van der Waals surface area contributed by atoms with Crippen molar-refractivity contribution in [1.82, 2.24) is 9.97 Å². The molecule has 0 unspecified atom stereocenters. The molecule has 0 radical (unpaired) electrons. The van der Waals surface area contributed by atoms with Crippen LogP contribution in [0.5, 0.6) is 5.75 Å². The van der Waals surface area contributed by atoms with Crippen molar-refractivity contribution >= 4 is 22.5 Å². The Labute approximate surface area is 172 Å². The largest absolute Gasteiger partial charge is 0.492 e. The summed E-state index contributed by atoms with van der Waals surface area (Å²) in [5, 5.41) is 0.750.